The van der Waals surface area contributed by atoms with Crippen LogP contribution in [0.4, 0.5) is 10.5 Å². The first-order chi connectivity index (χ1) is 10.7. The van der Waals surface area contributed by atoms with Crippen LogP contribution in [-0.4, -0.2) is 23.9 Å². The first kappa shape index (κ1) is 14.4. The quantitative estimate of drug-likeness (QED) is 0.911. The highest BCUT2D eigenvalue weighted by atomic mass is 16.5. The molecule has 0 bridgehead atoms. The molecule has 0 fully saturated rings. The van der Waals surface area contributed by atoms with Crippen molar-refractivity contribution in [3.8, 4) is 5.75 Å². The van der Waals surface area contributed by atoms with Gasteiger partial charge in [0.05, 0.1) is 6.61 Å². The number of aliphatic hydroxyl groups is 1. The molecule has 0 aliphatic carbocycles. The van der Waals surface area contributed by atoms with E-state index in [9.17, 15) is 4.79 Å². The van der Waals surface area contributed by atoms with Crippen molar-refractivity contribution < 1.29 is 19.4 Å². The van der Waals surface area contributed by atoms with Gasteiger partial charge < -0.3 is 14.6 Å². The summed E-state index contributed by atoms with van der Waals surface area (Å²) in [5.74, 6) is 0.752. The van der Waals surface area contributed by atoms with Crippen molar-refractivity contribution >= 4 is 11.8 Å². The van der Waals surface area contributed by atoms with Gasteiger partial charge in [0.15, 0.2) is 0 Å². The minimum atomic E-state index is -0.499. The van der Waals surface area contributed by atoms with Crippen LogP contribution in [0, 0.1) is 0 Å². The van der Waals surface area contributed by atoms with Crippen molar-refractivity contribution in [3.63, 3.8) is 0 Å². The molecule has 1 heterocycles. The molecule has 1 amide bonds. The molecule has 0 aromatic heterocycles. The summed E-state index contributed by atoms with van der Waals surface area (Å²) in [5, 5.41) is 11.8. The Kier molecular flexibility index (Phi) is 4.25. The molecular weight excluding hydrogens is 282 g/mol. The third kappa shape index (κ3) is 3.38. The standard InChI is InChI=1S/C17H17NO4/c19-10-15-9-13-8-14(6-7-16(13)22-15)18-17(20)21-11-12-4-2-1-3-5-12/h1-8,15,19H,9-11H2,(H,18,20). The van der Waals surface area contributed by atoms with Crippen LogP contribution in [0.1, 0.15) is 11.1 Å². The van der Waals surface area contributed by atoms with E-state index in [0.717, 1.165) is 16.9 Å². The molecule has 2 N–H and O–H groups in total. The largest absolute Gasteiger partial charge is 0.487 e. The molecule has 0 saturated carbocycles. The van der Waals surface area contributed by atoms with Crippen LogP contribution >= 0.6 is 0 Å². The minimum Gasteiger partial charge on any atom is -0.487 e. The SMILES string of the molecule is O=C(Nc1ccc2c(c1)CC(CO)O2)OCc1ccccc1. The summed E-state index contributed by atoms with van der Waals surface area (Å²) in [7, 11) is 0. The number of ether oxygens (including phenoxy) is 2. The fourth-order valence-corrected chi connectivity index (χ4v) is 2.38. The van der Waals surface area contributed by atoms with Gasteiger partial charge in [0.1, 0.15) is 18.5 Å². The first-order valence-corrected chi connectivity index (χ1v) is 7.13. The Labute approximate surface area is 128 Å². The average Bonchev–Trinajstić information content (AvgIpc) is 2.96. The van der Waals surface area contributed by atoms with E-state index >= 15 is 0 Å². The summed E-state index contributed by atoms with van der Waals surface area (Å²) < 4.78 is 10.7. The molecule has 5 nitrogen and oxygen atoms in total. The van der Waals surface area contributed by atoms with Crippen molar-refractivity contribution in [1.29, 1.82) is 0 Å². The molecule has 22 heavy (non-hydrogen) atoms. The Bertz CT molecular complexity index is 657. The Hall–Kier alpha value is -2.53. The maximum absolute atomic E-state index is 11.8. The van der Waals surface area contributed by atoms with Crippen molar-refractivity contribution in [2.75, 3.05) is 11.9 Å². The topological polar surface area (TPSA) is 67.8 Å². The number of rotatable bonds is 4. The van der Waals surface area contributed by atoms with Gasteiger partial charge in [-0.15, -0.1) is 0 Å². The first-order valence-electron chi connectivity index (χ1n) is 7.13. The lowest BCUT2D eigenvalue weighted by atomic mass is 10.1. The zero-order valence-electron chi connectivity index (χ0n) is 12.0. The van der Waals surface area contributed by atoms with Crippen LogP contribution in [0.5, 0.6) is 5.75 Å². The van der Waals surface area contributed by atoms with Gasteiger partial charge in [0.25, 0.3) is 0 Å². The van der Waals surface area contributed by atoms with Gasteiger partial charge in [-0.3, -0.25) is 5.32 Å². The van der Waals surface area contributed by atoms with Crippen molar-refractivity contribution in [2.24, 2.45) is 0 Å². The van der Waals surface area contributed by atoms with E-state index in [1.54, 1.807) is 12.1 Å². The molecule has 1 unspecified atom stereocenters. The van der Waals surface area contributed by atoms with Crippen molar-refractivity contribution in [3.05, 3.63) is 59.7 Å². The minimum absolute atomic E-state index is 0.0173. The highest BCUT2D eigenvalue weighted by molar-refractivity contribution is 5.84. The van der Waals surface area contributed by atoms with Crippen LogP contribution in [0.25, 0.3) is 0 Å². The van der Waals surface area contributed by atoms with E-state index in [4.69, 9.17) is 14.6 Å². The van der Waals surface area contributed by atoms with Gasteiger partial charge in [-0.2, -0.15) is 0 Å². The Morgan fingerprint density at radius 3 is 2.86 bits per heavy atom. The summed E-state index contributed by atoms with van der Waals surface area (Å²) in [6, 6.07) is 14.9. The normalized spacial score (nSPS) is 15.8. The van der Waals surface area contributed by atoms with Crippen molar-refractivity contribution in [1.82, 2.24) is 0 Å². The molecule has 0 spiro atoms. The Morgan fingerprint density at radius 2 is 2.09 bits per heavy atom. The zero-order valence-corrected chi connectivity index (χ0v) is 12.0. The van der Waals surface area contributed by atoms with Crippen LogP contribution in [0.15, 0.2) is 48.5 Å². The number of aliphatic hydroxyl groups excluding tert-OH is 1. The molecule has 114 valence electrons. The highest BCUT2D eigenvalue weighted by Gasteiger charge is 2.22. The van der Waals surface area contributed by atoms with Gasteiger partial charge in [-0.05, 0) is 29.3 Å². The molecule has 0 radical (unpaired) electrons. The van der Waals surface area contributed by atoms with Gasteiger partial charge in [0.2, 0.25) is 0 Å². The number of carbonyl (C=O) groups is 1. The van der Waals surface area contributed by atoms with Gasteiger partial charge in [-0.25, -0.2) is 4.79 Å². The Balaban J connectivity index is 1.56. The van der Waals surface area contributed by atoms with Crippen LogP contribution < -0.4 is 10.1 Å². The zero-order chi connectivity index (χ0) is 15.4. The Morgan fingerprint density at radius 1 is 1.27 bits per heavy atom. The lowest BCUT2D eigenvalue weighted by Crippen LogP contribution is -2.17. The van der Waals surface area contributed by atoms with Crippen LogP contribution in [0.2, 0.25) is 0 Å². The van der Waals surface area contributed by atoms with Gasteiger partial charge in [0, 0.05) is 12.1 Å². The van der Waals surface area contributed by atoms with E-state index in [1.165, 1.54) is 0 Å². The second kappa shape index (κ2) is 6.49. The van der Waals surface area contributed by atoms with E-state index in [0.29, 0.717) is 12.1 Å². The molecule has 1 aliphatic heterocycles. The van der Waals surface area contributed by atoms with Gasteiger partial charge in [-0.1, -0.05) is 30.3 Å². The number of carbonyl (C=O) groups excluding carboxylic acids is 1. The average molecular weight is 299 g/mol. The summed E-state index contributed by atoms with van der Waals surface area (Å²) in [6.07, 6.45) is -0.0582. The number of nitrogens with one attached hydrogen (secondary N) is 1. The molecule has 5 heteroatoms. The van der Waals surface area contributed by atoms with E-state index in [1.807, 2.05) is 36.4 Å². The number of amides is 1. The number of hydrogen-bond acceptors (Lipinski definition) is 4. The summed E-state index contributed by atoms with van der Waals surface area (Å²) in [5.41, 5.74) is 2.56. The summed E-state index contributed by atoms with van der Waals surface area (Å²) in [6.45, 7) is 0.212. The molecule has 1 aliphatic rings. The molecule has 3 rings (SSSR count). The maximum Gasteiger partial charge on any atom is 0.411 e. The molecule has 0 saturated heterocycles. The predicted molar refractivity (Wildman–Crippen MR) is 81.9 cm³/mol. The third-order valence-corrected chi connectivity index (χ3v) is 3.46. The van der Waals surface area contributed by atoms with E-state index in [-0.39, 0.29) is 19.3 Å². The number of fused-ring (bicyclic) bond motifs is 1. The van der Waals surface area contributed by atoms with Crippen molar-refractivity contribution in [2.45, 2.75) is 19.1 Å². The fourth-order valence-electron chi connectivity index (χ4n) is 2.38. The highest BCUT2D eigenvalue weighted by Crippen LogP contribution is 2.31. The second-order valence-electron chi connectivity index (χ2n) is 5.14. The van der Waals surface area contributed by atoms with Crippen LogP contribution in [0.3, 0.4) is 0 Å². The lowest BCUT2D eigenvalue weighted by molar-refractivity contribution is 0.134. The second-order valence-corrected chi connectivity index (χ2v) is 5.14. The molecule has 2 aromatic carbocycles. The molecular formula is C17H17NO4. The summed E-state index contributed by atoms with van der Waals surface area (Å²) in [4.78, 5) is 11.8. The summed E-state index contributed by atoms with van der Waals surface area (Å²) >= 11 is 0. The van der Waals surface area contributed by atoms with E-state index < -0.39 is 6.09 Å². The number of hydrogen-bond donors (Lipinski definition) is 2. The smallest absolute Gasteiger partial charge is 0.411 e. The monoisotopic (exact) mass is 299 g/mol. The third-order valence-electron chi connectivity index (χ3n) is 3.46. The molecule has 2 aromatic rings. The van der Waals surface area contributed by atoms with Gasteiger partial charge >= 0.3 is 6.09 Å². The van der Waals surface area contributed by atoms with Crippen LogP contribution in [-0.2, 0) is 17.8 Å². The predicted octanol–water partition coefficient (Wildman–Crippen LogP) is 2.73. The lowest BCUT2D eigenvalue weighted by Gasteiger charge is -2.08. The fraction of sp³-hybridized carbons (Fsp3) is 0.235. The number of anilines is 1. The number of benzene rings is 2. The van der Waals surface area contributed by atoms with E-state index in [2.05, 4.69) is 5.32 Å². The maximum atomic E-state index is 11.8. The molecule has 1 atom stereocenters.